The van der Waals surface area contributed by atoms with Gasteiger partial charge in [-0.25, -0.2) is 0 Å². The maximum Gasteiger partial charge on any atom is 0.278 e. The van der Waals surface area contributed by atoms with Crippen LogP contribution in [-0.4, -0.2) is 96.8 Å². The molecule has 0 atom stereocenters. The van der Waals surface area contributed by atoms with Crippen LogP contribution in [0, 0.1) is 0 Å². The second-order valence-electron chi connectivity index (χ2n) is 9.55. The fraction of sp³-hybridized carbons (Fsp3) is 0.364. The highest BCUT2D eigenvalue weighted by molar-refractivity contribution is 6.17. The smallest absolute Gasteiger partial charge is 0.278 e. The third-order valence-corrected chi connectivity index (χ3v) is 6.51. The third-order valence-electron chi connectivity index (χ3n) is 6.51. The number of rotatable bonds is 4. The molecular weight excluding hydrogens is 550 g/mol. The van der Waals surface area contributed by atoms with E-state index in [4.69, 9.17) is 23.7 Å². The summed E-state index contributed by atoms with van der Waals surface area (Å²) in [6.45, 7) is 6.34. The first-order valence-electron chi connectivity index (χ1n) is 14.5. The number of amides is 2. The van der Waals surface area contributed by atoms with Gasteiger partial charge in [0.1, 0.15) is 5.84 Å². The molecule has 10 nitrogen and oxygen atoms in total. The van der Waals surface area contributed by atoms with Crippen molar-refractivity contribution in [2.24, 2.45) is 4.99 Å². The largest absolute Gasteiger partial charge is 0.377 e. The summed E-state index contributed by atoms with van der Waals surface area (Å²) in [4.78, 5) is 32.4. The maximum absolute atomic E-state index is 13.0. The number of ether oxygens (including phenoxy) is 5. The zero-order chi connectivity index (χ0) is 30.0. The number of benzene rings is 3. The molecule has 0 bridgehead atoms. The number of aliphatic imine (C=N–C) groups is 1. The van der Waals surface area contributed by atoms with Crippen LogP contribution < -0.4 is 10.2 Å². The molecule has 3 aromatic rings. The zero-order valence-electron chi connectivity index (χ0n) is 24.3. The van der Waals surface area contributed by atoms with Crippen molar-refractivity contribution in [2.45, 2.75) is 0 Å². The van der Waals surface area contributed by atoms with Crippen LogP contribution in [0.4, 0.5) is 5.69 Å². The minimum absolute atomic E-state index is 0.172. The predicted octanol–water partition coefficient (Wildman–Crippen LogP) is 3.61. The van der Waals surface area contributed by atoms with Gasteiger partial charge in [-0.3, -0.25) is 9.59 Å². The van der Waals surface area contributed by atoms with E-state index in [2.05, 4.69) is 15.2 Å². The summed E-state index contributed by atoms with van der Waals surface area (Å²) in [7, 11) is 0. The van der Waals surface area contributed by atoms with Gasteiger partial charge in [-0.05, 0) is 48.5 Å². The SMILES string of the molecule is O=C(N=C(NC(=O)c1ccccc1)c1ccc(N2CCOCCOCCOCCOCCOCC2)cc1)c1ccccc1. The normalized spacial score (nSPS) is 16.9. The first-order chi connectivity index (χ1) is 21.2. The quantitative estimate of drug-likeness (QED) is 0.363. The summed E-state index contributed by atoms with van der Waals surface area (Å²) >= 11 is 0. The van der Waals surface area contributed by atoms with Gasteiger partial charge < -0.3 is 33.9 Å². The lowest BCUT2D eigenvalue weighted by Crippen LogP contribution is -2.33. The van der Waals surface area contributed by atoms with Crippen molar-refractivity contribution in [3.05, 3.63) is 102 Å². The standard InChI is InChI=1S/C33H39N3O7/c37-32(28-7-3-1-4-8-28)34-31(35-33(38)29-9-5-2-6-10-29)27-11-13-30(14-12-27)36-15-17-39-19-21-41-23-25-43-26-24-42-22-20-40-18-16-36/h1-14H,15-26H2,(H,34,35,37,38). The number of amidine groups is 1. The van der Waals surface area contributed by atoms with E-state index >= 15 is 0 Å². The van der Waals surface area contributed by atoms with E-state index in [1.807, 2.05) is 36.4 Å². The molecule has 1 fully saturated rings. The van der Waals surface area contributed by atoms with Crippen LogP contribution in [-0.2, 0) is 23.7 Å². The number of hydrogen-bond acceptors (Lipinski definition) is 8. The molecule has 3 aromatic carbocycles. The number of nitrogens with one attached hydrogen (secondary N) is 1. The Hall–Kier alpha value is -3.93. The van der Waals surface area contributed by atoms with Crippen molar-refractivity contribution in [3.8, 4) is 0 Å². The lowest BCUT2D eigenvalue weighted by Gasteiger charge is -2.25. The number of carbonyl (C=O) groups is 2. The predicted molar refractivity (Wildman–Crippen MR) is 164 cm³/mol. The summed E-state index contributed by atoms with van der Waals surface area (Å²) < 4.78 is 28.1. The van der Waals surface area contributed by atoms with E-state index in [9.17, 15) is 9.59 Å². The molecule has 1 saturated heterocycles. The molecule has 4 rings (SSSR count). The Labute approximate surface area is 252 Å². The van der Waals surface area contributed by atoms with E-state index in [0.29, 0.717) is 95.8 Å². The summed E-state index contributed by atoms with van der Waals surface area (Å²) in [5.74, 6) is -0.631. The molecule has 0 aliphatic carbocycles. The van der Waals surface area contributed by atoms with Crippen molar-refractivity contribution in [1.29, 1.82) is 0 Å². The highest BCUT2D eigenvalue weighted by Gasteiger charge is 2.15. The first kappa shape index (κ1) is 32.0. The monoisotopic (exact) mass is 589 g/mol. The van der Waals surface area contributed by atoms with Crippen molar-refractivity contribution < 1.29 is 33.3 Å². The second kappa shape index (κ2) is 18.6. The van der Waals surface area contributed by atoms with Gasteiger partial charge in [-0.15, -0.1) is 0 Å². The van der Waals surface area contributed by atoms with E-state index in [1.54, 1.807) is 48.5 Å². The Kier molecular flexibility index (Phi) is 13.8. The minimum atomic E-state index is -0.449. The average molecular weight is 590 g/mol. The van der Waals surface area contributed by atoms with Gasteiger partial charge in [0.2, 0.25) is 0 Å². The van der Waals surface area contributed by atoms with Crippen LogP contribution in [0.3, 0.4) is 0 Å². The van der Waals surface area contributed by atoms with Crippen LogP contribution >= 0.6 is 0 Å². The molecule has 228 valence electrons. The minimum Gasteiger partial charge on any atom is -0.377 e. The van der Waals surface area contributed by atoms with Gasteiger partial charge in [-0.1, -0.05) is 36.4 Å². The summed E-state index contributed by atoms with van der Waals surface area (Å²) in [6, 6.07) is 25.1. The maximum atomic E-state index is 13.0. The number of hydrogen-bond donors (Lipinski definition) is 1. The molecule has 1 N–H and O–H groups in total. The van der Waals surface area contributed by atoms with Crippen LogP contribution in [0.25, 0.3) is 0 Å². The van der Waals surface area contributed by atoms with Gasteiger partial charge in [0.05, 0.1) is 66.1 Å². The lowest BCUT2D eigenvalue weighted by atomic mass is 10.1. The molecule has 10 heteroatoms. The molecule has 0 saturated carbocycles. The Morgan fingerprint density at radius 1 is 0.535 bits per heavy atom. The summed E-state index contributed by atoms with van der Waals surface area (Å²) in [5, 5.41) is 2.83. The van der Waals surface area contributed by atoms with E-state index in [-0.39, 0.29) is 11.7 Å². The van der Waals surface area contributed by atoms with Crippen molar-refractivity contribution in [1.82, 2.24) is 5.32 Å². The van der Waals surface area contributed by atoms with E-state index in [1.165, 1.54) is 0 Å². The number of carbonyl (C=O) groups excluding carboxylic acids is 2. The van der Waals surface area contributed by atoms with Gasteiger partial charge in [0, 0.05) is 35.5 Å². The molecule has 1 aliphatic heterocycles. The molecule has 2 amide bonds. The molecule has 0 spiro atoms. The van der Waals surface area contributed by atoms with Crippen molar-refractivity contribution in [2.75, 3.05) is 84.1 Å². The van der Waals surface area contributed by atoms with Gasteiger partial charge in [-0.2, -0.15) is 4.99 Å². The average Bonchev–Trinajstić information content (AvgIpc) is 3.05. The summed E-state index contributed by atoms with van der Waals surface area (Å²) in [5.41, 5.74) is 2.44. The van der Waals surface area contributed by atoms with Gasteiger partial charge in [0.15, 0.2) is 0 Å². The molecule has 43 heavy (non-hydrogen) atoms. The molecule has 0 radical (unpaired) electrons. The third kappa shape index (κ3) is 11.3. The topological polar surface area (TPSA) is 108 Å². The molecule has 0 unspecified atom stereocenters. The Balaban J connectivity index is 1.47. The van der Waals surface area contributed by atoms with E-state index < -0.39 is 5.91 Å². The Bertz CT molecular complexity index is 1250. The van der Waals surface area contributed by atoms with Crippen LogP contribution in [0.1, 0.15) is 26.3 Å². The van der Waals surface area contributed by atoms with Crippen LogP contribution in [0.2, 0.25) is 0 Å². The van der Waals surface area contributed by atoms with Crippen LogP contribution in [0.5, 0.6) is 0 Å². The van der Waals surface area contributed by atoms with Gasteiger partial charge >= 0.3 is 0 Å². The highest BCUT2D eigenvalue weighted by atomic mass is 16.6. The Morgan fingerprint density at radius 3 is 1.47 bits per heavy atom. The van der Waals surface area contributed by atoms with Crippen molar-refractivity contribution >= 4 is 23.3 Å². The molecular formula is C33H39N3O7. The lowest BCUT2D eigenvalue weighted by molar-refractivity contribution is -0.0116. The molecule has 0 aromatic heterocycles. The molecule has 1 heterocycles. The van der Waals surface area contributed by atoms with Crippen LogP contribution in [0.15, 0.2) is 89.9 Å². The van der Waals surface area contributed by atoms with Gasteiger partial charge in [0.25, 0.3) is 11.8 Å². The van der Waals surface area contributed by atoms with Crippen molar-refractivity contribution in [3.63, 3.8) is 0 Å². The Morgan fingerprint density at radius 2 is 0.977 bits per heavy atom. The fourth-order valence-corrected chi connectivity index (χ4v) is 4.21. The number of anilines is 1. The zero-order valence-corrected chi connectivity index (χ0v) is 24.3. The molecule has 1 aliphatic rings. The second-order valence-corrected chi connectivity index (χ2v) is 9.55. The first-order valence-corrected chi connectivity index (χ1v) is 14.5. The fourth-order valence-electron chi connectivity index (χ4n) is 4.21. The van der Waals surface area contributed by atoms with E-state index in [0.717, 1.165) is 5.69 Å². The number of nitrogens with zero attached hydrogens (tertiary/aromatic N) is 2. The highest BCUT2D eigenvalue weighted by Crippen LogP contribution is 2.16. The summed E-state index contributed by atoms with van der Waals surface area (Å²) in [6.07, 6.45) is 0.